The Hall–Kier alpha value is -4.29. The first-order valence-electron chi connectivity index (χ1n) is 11.7. The van der Waals surface area contributed by atoms with E-state index in [2.05, 4.69) is 0 Å². The van der Waals surface area contributed by atoms with Gasteiger partial charge in [-0.05, 0) is 60.2 Å². The van der Waals surface area contributed by atoms with Crippen LogP contribution in [0.5, 0.6) is 28.7 Å². The van der Waals surface area contributed by atoms with E-state index in [4.69, 9.17) is 33.9 Å². The zero-order chi connectivity index (χ0) is 28.3. The molecule has 1 heterocycles. The van der Waals surface area contributed by atoms with Gasteiger partial charge in [-0.1, -0.05) is 0 Å². The Bertz CT molecular complexity index is 1500. The van der Waals surface area contributed by atoms with Crippen molar-refractivity contribution in [1.82, 2.24) is 5.01 Å². The number of hydrogen-bond acceptors (Lipinski definition) is 9. The van der Waals surface area contributed by atoms with Gasteiger partial charge in [-0.25, -0.2) is 18.6 Å². The smallest absolute Gasteiger partial charge is 0.274 e. The van der Waals surface area contributed by atoms with E-state index in [0.717, 1.165) is 5.56 Å². The molecule has 2 N–H and O–H groups in total. The quantitative estimate of drug-likeness (QED) is 0.424. The number of sulfonamides is 1. The molecule has 0 bridgehead atoms. The molecule has 0 saturated heterocycles. The summed E-state index contributed by atoms with van der Waals surface area (Å²) in [6.07, 6.45) is 0.356. The standard InChI is InChI=1S/C27H29N3O8S/c1-34-22-11-8-17(12-23(22)35-2)20-15-21(18-13-24(36-3)26(38-5)25(14-18)37-4)30(29-20)27(31)16-6-9-19(10-7-16)39(28,32)33/h6-14,21H,15H2,1-5H3,(H2,28,32,33). The van der Waals surface area contributed by atoms with Crippen LogP contribution < -0.4 is 28.8 Å². The summed E-state index contributed by atoms with van der Waals surface area (Å²) < 4.78 is 50.7. The topological polar surface area (TPSA) is 139 Å². The number of carbonyl (C=O) groups excluding carboxylic acids is 1. The summed E-state index contributed by atoms with van der Waals surface area (Å²) in [5.74, 6) is 1.91. The van der Waals surface area contributed by atoms with E-state index in [1.807, 2.05) is 6.07 Å². The first-order valence-corrected chi connectivity index (χ1v) is 13.3. The van der Waals surface area contributed by atoms with Crippen molar-refractivity contribution in [2.75, 3.05) is 35.5 Å². The van der Waals surface area contributed by atoms with Crippen molar-refractivity contribution in [1.29, 1.82) is 0 Å². The molecule has 206 valence electrons. The fraction of sp³-hybridized carbons (Fsp3) is 0.259. The van der Waals surface area contributed by atoms with Crippen molar-refractivity contribution in [2.24, 2.45) is 10.2 Å². The first kappa shape index (κ1) is 27.7. The summed E-state index contributed by atoms with van der Waals surface area (Å²) in [6.45, 7) is 0. The molecule has 12 heteroatoms. The van der Waals surface area contributed by atoms with Gasteiger partial charge in [0.05, 0.1) is 52.2 Å². The molecule has 0 aromatic heterocycles. The monoisotopic (exact) mass is 555 g/mol. The van der Waals surface area contributed by atoms with Gasteiger partial charge >= 0.3 is 0 Å². The normalized spacial score (nSPS) is 15.0. The Labute approximate surface area is 226 Å². The molecule has 3 aromatic carbocycles. The van der Waals surface area contributed by atoms with Crippen LogP contribution in [0.15, 0.2) is 64.6 Å². The molecule has 39 heavy (non-hydrogen) atoms. The molecule has 0 spiro atoms. The highest BCUT2D eigenvalue weighted by Crippen LogP contribution is 2.43. The first-order chi connectivity index (χ1) is 18.6. The molecule has 4 rings (SSSR count). The fourth-order valence-electron chi connectivity index (χ4n) is 4.36. The van der Waals surface area contributed by atoms with Crippen LogP contribution >= 0.6 is 0 Å². The van der Waals surface area contributed by atoms with Crippen molar-refractivity contribution in [3.63, 3.8) is 0 Å². The van der Waals surface area contributed by atoms with Gasteiger partial charge in [0.25, 0.3) is 5.91 Å². The molecule has 0 fully saturated rings. The highest BCUT2D eigenvalue weighted by atomic mass is 32.2. The molecular weight excluding hydrogens is 526 g/mol. The lowest BCUT2D eigenvalue weighted by Crippen LogP contribution is -2.27. The van der Waals surface area contributed by atoms with Gasteiger partial charge in [0, 0.05) is 17.5 Å². The molecule has 3 aromatic rings. The van der Waals surface area contributed by atoms with Crippen LogP contribution in [0, 0.1) is 0 Å². The van der Waals surface area contributed by atoms with Crippen LogP contribution in [0.25, 0.3) is 0 Å². The van der Waals surface area contributed by atoms with Crippen molar-refractivity contribution in [2.45, 2.75) is 17.4 Å². The Morgan fingerprint density at radius 3 is 1.92 bits per heavy atom. The van der Waals surface area contributed by atoms with Crippen molar-refractivity contribution >= 4 is 21.6 Å². The molecule has 1 amide bonds. The molecule has 1 aliphatic rings. The van der Waals surface area contributed by atoms with Gasteiger partial charge in [-0.3, -0.25) is 4.79 Å². The largest absolute Gasteiger partial charge is 0.493 e. The summed E-state index contributed by atoms with van der Waals surface area (Å²) >= 11 is 0. The molecule has 0 radical (unpaired) electrons. The minimum absolute atomic E-state index is 0.101. The molecule has 0 aliphatic carbocycles. The molecule has 1 unspecified atom stereocenters. The Balaban J connectivity index is 1.81. The number of rotatable bonds is 9. The minimum atomic E-state index is -3.91. The molecule has 1 atom stereocenters. The molecule has 11 nitrogen and oxygen atoms in total. The average Bonchev–Trinajstić information content (AvgIpc) is 3.40. The predicted molar refractivity (Wildman–Crippen MR) is 144 cm³/mol. The third-order valence-electron chi connectivity index (χ3n) is 6.34. The van der Waals surface area contributed by atoms with Crippen molar-refractivity contribution in [3.05, 3.63) is 71.3 Å². The van der Waals surface area contributed by atoms with Crippen LogP contribution in [-0.2, 0) is 10.0 Å². The van der Waals surface area contributed by atoms with Crippen molar-refractivity contribution < 1.29 is 36.9 Å². The number of nitrogens with zero attached hydrogens (tertiary/aromatic N) is 2. The van der Waals surface area contributed by atoms with Gasteiger partial charge in [-0.15, -0.1) is 0 Å². The SMILES string of the molecule is COc1ccc(C2=NN(C(=O)c3ccc(S(N)(=O)=O)cc3)C(c3cc(OC)c(OC)c(OC)c3)C2)cc1OC. The summed E-state index contributed by atoms with van der Waals surface area (Å²) in [6, 6.07) is 13.7. The maximum absolute atomic E-state index is 13.7. The fourth-order valence-corrected chi connectivity index (χ4v) is 4.88. The van der Waals surface area contributed by atoms with E-state index in [1.165, 1.54) is 57.7 Å². The van der Waals surface area contributed by atoms with Crippen LogP contribution in [0.4, 0.5) is 0 Å². The second-order valence-corrected chi connectivity index (χ2v) is 10.1. The number of amides is 1. The highest BCUT2D eigenvalue weighted by Gasteiger charge is 2.35. The summed E-state index contributed by atoms with van der Waals surface area (Å²) in [5.41, 5.74) is 2.30. The van der Waals surface area contributed by atoms with E-state index < -0.39 is 22.0 Å². The third kappa shape index (κ3) is 5.47. The highest BCUT2D eigenvalue weighted by molar-refractivity contribution is 7.89. The average molecular weight is 556 g/mol. The summed E-state index contributed by atoms with van der Waals surface area (Å²) in [5, 5.41) is 11.3. The Morgan fingerprint density at radius 1 is 0.821 bits per heavy atom. The summed E-state index contributed by atoms with van der Waals surface area (Å²) in [7, 11) is 3.71. The van der Waals surface area contributed by atoms with Gasteiger partial charge in [0.2, 0.25) is 15.8 Å². The van der Waals surface area contributed by atoms with Crippen LogP contribution in [0.2, 0.25) is 0 Å². The lowest BCUT2D eigenvalue weighted by Gasteiger charge is -2.24. The second kappa shape index (κ2) is 11.2. The molecule has 0 saturated carbocycles. The van der Waals surface area contributed by atoms with Crippen molar-refractivity contribution in [3.8, 4) is 28.7 Å². The Kier molecular flexibility index (Phi) is 7.98. The van der Waals surface area contributed by atoms with Gasteiger partial charge in [0.1, 0.15) is 0 Å². The number of primary sulfonamides is 1. The van der Waals surface area contributed by atoms with E-state index in [-0.39, 0.29) is 10.5 Å². The predicted octanol–water partition coefficient (Wildman–Crippen LogP) is 3.37. The number of ether oxygens (including phenoxy) is 5. The maximum Gasteiger partial charge on any atom is 0.274 e. The van der Waals surface area contributed by atoms with Crippen LogP contribution in [0.3, 0.4) is 0 Å². The minimum Gasteiger partial charge on any atom is -0.493 e. The summed E-state index contributed by atoms with van der Waals surface area (Å²) in [4.78, 5) is 13.6. The van der Waals surface area contributed by atoms with E-state index >= 15 is 0 Å². The van der Waals surface area contributed by atoms with Crippen LogP contribution in [0.1, 0.15) is 33.9 Å². The molecular formula is C27H29N3O8S. The molecule has 1 aliphatic heterocycles. The lowest BCUT2D eigenvalue weighted by atomic mass is 9.97. The van der Waals surface area contributed by atoms with Gasteiger partial charge in [-0.2, -0.15) is 5.10 Å². The zero-order valence-corrected chi connectivity index (χ0v) is 22.9. The zero-order valence-electron chi connectivity index (χ0n) is 22.1. The maximum atomic E-state index is 13.7. The number of hydrazone groups is 1. The van der Waals surface area contributed by atoms with Gasteiger partial charge < -0.3 is 23.7 Å². The van der Waals surface area contributed by atoms with Gasteiger partial charge in [0.15, 0.2) is 23.0 Å². The van der Waals surface area contributed by atoms with E-state index in [0.29, 0.717) is 46.4 Å². The van der Waals surface area contributed by atoms with Crippen LogP contribution in [-0.4, -0.2) is 60.6 Å². The number of methoxy groups -OCH3 is 5. The number of benzene rings is 3. The lowest BCUT2D eigenvalue weighted by molar-refractivity contribution is 0.0710. The number of hydrogen-bond donors (Lipinski definition) is 1. The number of nitrogens with two attached hydrogens (primary N) is 1. The van der Waals surface area contributed by atoms with E-state index in [9.17, 15) is 13.2 Å². The van der Waals surface area contributed by atoms with E-state index in [1.54, 1.807) is 31.4 Å². The number of carbonyl (C=O) groups is 1. The Morgan fingerprint density at radius 2 is 1.41 bits per heavy atom. The third-order valence-corrected chi connectivity index (χ3v) is 7.27. The second-order valence-electron chi connectivity index (χ2n) is 8.51.